The number of carbonyl (C=O) groups excluding carboxylic acids is 1. The highest BCUT2D eigenvalue weighted by molar-refractivity contribution is 5.77. The zero-order valence-corrected chi connectivity index (χ0v) is 10.5. The molecule has 4 nitrogen and oxygen atoms in total. The highest BCUT2D eigenvalue weighted by Crippen LogP contribution is 2.11. The smallest absolute Gasteiger partial charge is 0.233 e. The van der Waals surface area contributed by atoms with E-state index < -0.39 is 0 Å². The van der Waals surface area contributed by atoms with E-state index in [1.165, 1.54) is 5.57 Å². The number of carbonyl (C=O) groups is 1. The summed E-state index contributed by atoms with van der Waals surface area (Å²) in [5.41, 5.74) is 2.40. The van der Waals surface area contributed by atoms with Gasteiger partial charge in [-0.2, -0.15) is 0 Å². The molecule has 17 heavy (non-hydrogen) atoms. The molecule has 0 saturated heterocycles. The number of nitrogens with one attached hydrogen (secondary N) is 3. The maximum absolute atomic E-state index is 11.2. The van der Waals surface area contributed by atoms with Crippen LogP contribution in [0.2, 0.25) is 0 Å². The first-order chi connectivity index (χ1) is 8.26. The van der Waals surface area contributed by atoms with E-state index in [1.54, 1.807) is 7.05 Å². The molecule has 0 spiro atoms. The van der Waals surface area contributed by atoms with Crippen LogP contribution in [-0.2, 0) is 4.79 Å². The molecule has 1 aliphatic rings. The van der Waals surface area contributed by atoms with Crippen LogP contribution >= 0.6 is 0 Å². The first kappa shape index (κ1) is 13.5. The average molecular weight is 235 g/mol. The van der Waals surface area contributed by atoms with Gasteiger partial charge in [-0.25, -0.2) is 0 Å². The van der Waals surface area contributed by atoms with Crippen molar-refractivity contribution in [2.45, 2.75) is 12.8 Å². The van der Waals surface area contributed by atoms with Gasteiger partial charge in [-0.15, -0.1) is 0 Å². The van der Waals surface area contributed by atoms with Gasteiger partial charge >= 0.3 is 0 Å². The van der Waals surface area contributed by atoms with E-state index in [2.05, 4.69) is 40.3 Å². The quantitative estimate of drug-likeness (QED) is 0.635. The molecular weight excluding hydrogens is 214 g/mol. The molecule has 0 saturated carbocycles. The molecule has 4 heteroatoms. The molecule has 0 bridgehead atoms. The largest absolute Gasteiger partial charge is 0.388 e. The van der Waals surface area contributed by atoms with E-state index in [-0.39, 0.29) is 5.91 Å². The van der Waals surface area contributed by atoms with Crippen molar-refractivity contribution in [3.8, 4) is 0 Å². The zero-order chi connectivity index (χ0) is 12.5. The van der Waals surface area contributed by atoms with Crippen molar-refractivity contribution in [3.05, 3.63) is 35.6 Å². The number of amides is 1. The summed E-state index contributed by atoms with van der Waals surface area (Å²) in [6.07, 6.45) is 10.3. The van der Waals surface area contributed by atoms with Crippen LogP contribution in [0.3, 0.4) is 0 Å². The Morgan fingerprint density at radius 3 is 2.82 bits per heavy atom. The van der Waals surface area contributed by atoms with Crippen LogP contribution < -0.4 is 16.0 Å². The van der Waals surface area contributed by atoms with Gasteiger partial charge in [0.2, 0.25) is 5.91 Å². The molecule has 94 valence electrons. The van der Waals surface area contributed by atoms with Gasteiger partial charge in [-0.05, 0) is 31.5 Å². The Bertz CT molecular complexity index is 343. The Morgan fingerprint density at radius 1 is 1.29 bits per heavy atom. The molecular formula is C13H21N3O. The fraction of sp³-hybridized carbons (Fsp3) is 0.462. The van der Waals surface area contributed by atoms with Crippen molar-refractivity contribution in [2.75, 3.05) is 27.2 Å². The van der Waals surface area contributed by atoms with Crippen LogP contribution in [0, 0.1) is 0 Å². The molecule has 0 radical (unpaired) electrons. The molecule has 1 rings (SSSR count). The highest BCUT2D eigenvalue weighted by atomic mass is 16.1. The molecule has 0 aromatic rings. The van der Waals surface area contributed by atoms with E-state index in [1.807, 2.05) is 7.05 Å². The maximum Gasteiger partial charge on any atom is 0.233 e. The van der Waals surface area contributed by atoms with Gasteiger partial charge in [0.1, 0.15) is 0 Å². The third-order valence-corrected chi connectivity index (χ3v) is 2.56. The Hall–Kier alpha value is -1.55. The minimum absolute atomic E-state index is 0.0414. The number of hydrogen-bond acceptors (Lipinski definition) is 3. The first-order valence-corrected chi connectivity index (χ1v) is 5.92. The molecule has 0 unspecified atom stereocenters. The second-order valence-corrected chi connectivity index (χ2v) is 3.89. The predicted octanol–water partition coefficient (Wildman–Crippen LogP) is 0.702. The Morgan fingerprint density at radius 2 is 2.12 bits per heavy atom. The van der Waals surface area contributed by atoms with Gasteiger partial charge in [0.25, 0.3) is 0 Å². The summed E-state index contributed by atoms with van der Waals surface area (Å²) in [4.78, 5) is 11.2. The van der Waals surface area contributed by atoms with E-state index in [4.69, 9.17) is 0 Å². The van der Waals surface area contributed by atoms with Gasteiger partial charge in [-0.1, -0.05) is 18.2 Å². The van der Waals surface area contributed by atoms with Crippen LogP contribution in [0.5, 0.6) is 0 Å². The molecule has 0 heterocycles. The molecule has 0 fully saturated rings. The Balaban J connectivity index is 2.29. The lowest BCUT2D eigenvalue weighted by atomic mass is 10.1. The fourth-order valence-corrected chi connectivity index (χ4v) is 1.61. The van der Waals surface area contributed by atoms with Crippen molar-refractivity contribution in [2.24, 2.45) is 0 Å². The normalized spacial score (nSPS) is 14.7. The van der Waals surface area contributed by atoms with Gasteiger partial charge in [0.15, 0.2) is 0 Å². The lowest BCUT2D eigenvalue weighted by molar-refractivity contribution is -0.120. The Kier molecular flexibility index (Phi) is 6.10. The van der Waals surface area contributed by atoms with Crippen molar-refractivity contribution >= 4 is 5.91 Å². The summed E-state index contributed by atoms with van der Waals surface area (Å²) in [5.74, 6) is 0.0414. The number of allylic oxidation sites excluding steroid dienone is 4. The molecule has 1 amide bonds. The minimum atomic E-state index is 0.0414. The van der Waals surface area contributed by atoms with Gasteiger partial charge in [-0.3, -0.25) is 4.79 Å². The van der Waals surface area contributed by atoms with E-state index in [9.17, 15) is 4.79 Å². The third-order valence-electron chi connectivity index (χ3n) is 2.56. The second-order valence-electron chi connectivity index (χ2n) is 3.89. The van der Waals surface area contributed by atoms with Crippen LogP contribution in [0.1, 0.15) is 12.8 Å². The van der Waals surface area contributed by atoms with E-state index >= 15 is 0 Å². The van der Waals surface area contributed by atoms with Crippen molar-refractivity contribution < 1.29 is 4.79 Å². The van der Waals surface area contributed by atoms with Crippen molar-refractivity contribution in [1.29, 1.82) is 0 Å². The SMILES string of the molecule is CNCC(=O)NCCC1=CCC=C(NC)C=C1. The lowest BCUT2D eigenvalue weighted by Gasteiger charge is -2.05. The summed E-state index contributed by atoms with van der Waals surface area (Å²) in [5, 5.41) is 8.81. The topological polar surface area (TPSA) is 53.2 Å². The lowest BCUT2D eigenvalue weighted by Crippen LogP contribution is -2.32. The fourth-order valence-electron chi connectivity index (χ4n) is 1.61. The average Bonchev–Trinajstić information content (AvgIpc) is 2.55. The maximum atomic E-state index is 11.2. The monoisotopic (exact) mass is 235 g/mol. The molecule has 0 aromatic carbocycles. The second kappa shape index (κ2) is 7.68. The summed E-state index contributed by atoms with van der Waals surface area (Å²) in [6.45, 7) is 1.06. The van der Waals surface area contributed by atoms with E-state index in [0.717, 1.165) is 18.5 Å². The highest BCUT2D eigenvalue weighted by Gasteiger charge is 2.00. The molecule has 3 N–H and O–H groups in total. The summed E-state index contributed by atoms with van der Waals surface area (Å²) in [7, 11) is 3.68. The number of hydrogen-bond donors (Lipinski definition) is 3. The molecule has 0 aromatic heterocycles. The van der Waals surface area contributed by atoms with Crippen molar-refractivity contribution in [1.82, 2.24) is 16.0 Å². The first-order valence-electron chi connectivity index (χ1n) is 5.92. The van der Waals surface area contributed by atoms with Crippen LogP contribution in [-0.4, -0.2) is 33.1 Å². The Labute approximate surface area is 103 Å². The van der Waals surface area contributed by atoms with Gasteiger partial charge < -0.3 is 16.0 Å². The van der Waals surface area contributed by atoms with Crippen molar-refractivity contribution in [3.63, 3.8) is 0 Å². The van der Waals surface area contributed by atoms with E-state index in [0.29, 0.717) is 13.1 Å². The standard InChI is InChI=1S/C13H21N3O/c1-14-10-13(17)16-9-8-11-4-3-5-12(15-2)7-6-11/h4-7,14-15H,3,8-10H2,1-2H3,(H,16,17). The number of likely N-dealkylation sites (N-methyl/N-ethyl adjacent to an activating group) is 2. The zero-order valence-electron chi connectivity index (χ0n) is 10.5. The van der Waals surface area contributed by atoms with Crippen LogP contribution in [0.15, 0.2) is 35.6 Å². The summed E-state index contributed by atoms with van der Waals surface area (Å²) < 4.78 is 0. The molecule has 0 atom stereocenters. The minimum Gasteiger partial charge on any atom is -0.388 e. The van der Waals surface area contributed by atoms with Gasteiger partial charge in [0, 0.05) is 19.3 Å². The number of rotatable bonds is 6. The molecule has 0 aliphatic heterocycles. The van der Waals surface area contributed by atoms with Crippen LogP contribution in [0.4, 0.5) is 0 Å². The van der Waals surface area contributed by atoms with Crippen LogP contribution in [0.25, 0.3) is 0 Å². The molecule has 1 aliphatic carbocycles. The summed E-state index contributed by atoms with van der Waals surface area (Å²) in [6, 6.07) is 0. The summed E-state index contributed by atoms with van der Waals surface area (Å²) >= 11 is 0. The third kappa shape index (κ3) is 5.36. The van der Waals surface area contributed by atoms with Gasteiger partial charge in [0.05, 0.1) is 6.54 Å². The predicted molar refractivity (Wildman–Crippen MR) is 70.5 cm³/mol.